The van der Waals surface area contributed by atoms with E-state index in [1.165, 1.54) is 12.1 Å². The van der Waals surface area contributed by atoms with Crippen LogP contribution in [0.25, 0.3) is 0 Å². The van der Waals surface area contributed by atoms with Crippen LogP contribution in [-0.2, 0) is 14.9 Å². The number of carbonyl (C=O) groups is 1. The number of benzene rings is 2. The Kier molecular flexibility index (Phi) is 7.41. The van der Waals surface area contributed by atoms with E-state index < -0.39 is 10.3 Å². The van der Waals surface area contributed by atoms with Gasteiger partial charge in [0.15, 0.2) is 0 Å². The Morgan fingerprint density at radius 1 is 1.03 bits per heavy atom. The van der Waals surface area contributed by atoms with Crippen molar-refractivity contribution in [3.05, 3.63) is 64.2 Å². The number of nitrogens with zero attached hydrogens (tertiary/aromatic N) is 1. The molecule has 3 rings (SSSR count). The molecule has 1 aliphatic rings. The molecule has 0 bridgehead atoms. The van der Waals surface area contributed by atoms with Gasteiger partial charge in [-0.1, -0.05) is 31.4 Å². The Balaban J connectivity index is 1.72. The van der Waals surface area contributed by atoms with E-state index >= 15 is 0 Å². The molecule has 0 radical (unpaired) electrons. The number of nitro groups is 1. The molecular formula is C23H28N2O5. The van der Waals surface area contributed by atoms with Crippen LogP contribution in [-0.4, -0.2) is 30.7 Å². The zero-order valence-corrected chi connectivity index (χ0v) is 17.3. The molecule has 2 aromatic carbocycles. The number of nitrogens with one attached hydrogen (secondary N) is 1. The molecule has 7 heteroatoms. The summed E-state index contributed by atoms with van der Waals surface area (Å²) in [5.74, 6) is 0.650. The van der Waals surface area contributed by atoms with Crippen LogP contribution in [0.4, 0.5) is 11.4 Å². The van der Waals surface area contributed by atoms with Gasteiger partial charge >= 0.3 is 0 Å². The largest absolute Gasteiger partial charge is 0.491 e. The van der Waals surface area contributed by atoms with E-state index in [2.05, 4.69) is 5.32 Å². The van der Waals surface area contributed by atoms with Gasteiger partial charge in [0.2, 0.25) is 5.91 Å². The summed E-state index contributed by atoms with van der Waals surface area (Å²) in [5.41, 5.74) is 0.898. The third-order valence-electron chi connectivity index (χ3n) is 5.59. The van der Waals surface area contributed by atoms with Crippen LogP contribution in [0.1, 0.15) is 44.6 Å². The van der Waals surface area contributed by atoms with Crippen molar-refractivity contribution in [2.24, 2.45) is 0 Å². The van der Waals surface area contributed by atoms with Crippen LogP contribution in [0.5, 0.6) is 5.75 Å². The molecule has 0 aromatic heterocycles. The maximum atomic E-state index is 13.3. The molecule has 1 N–H and O–H groups in total. The molecule has 1 aliphatic carbocycles. The molecule has 2 aromatic rings. The zero-order valence-electron chi connectivity index (χ0n) is 17.3. The van der Waals surface area contributed by atoms with Gasteiger partial charge in [-0.25, -0.2) is 0 Å². The van der Waals surface area contributed by atoms with Crippen molar-refractivity contribution in [2.45, 2.75) is 44.4 Å². The second kappa shape index (κ2) is 10.2. The van der Waals surface area contributed by atoms with Crippen molar-refractivity contribution in [1.29, 1.82) is 0 Å². The first-order valence-corrected chi connectivity index (χ1v) is 10.4. The van der Waals surface area contributed by atoms with E-state index in [4.69, 9.17) is 9.47 Å². The van der Waals surface area contributed by atoms with E-state index in [9.17, 15) is 14.9 Å². The average Bonchev–Trinajstić information content (AvgIpc) is 2.78. The third-order valence-corrected chi connectivity index (χ3v) is 5.59. The van der Waals surface area contributed by atoms with Crippen LogP contribution in [0.15, 0.2) is 48.5 Å². The number of hydrogen-bond donors (Lipinski definition) is 1. The second-order valence-electron chi connectivity index (χ2n) is 7.47. The summed E-state index contributed by atoms with van der Waals surface area (Å²) in [7, 11) is 0. The molecule has 0 atom stereocenters. The van der Waals surface area contributed by atoms with E-state index in [0.29, 0.717) is 25.5 Å². The molecular weight excluding hydrogens is 384 g/mol. The topological polar surface area (TPSA) is 90.7 Å². The number of nitro benzene ring substituents is 1. The minimum absolute atomic E-state index is 0.0324. The van der Waals surface area contributed by atoms with Crippen molar-refractivity contribution in [2.75, 3.05) is 25.1 Å². The maximum Gasteiger partial charge on any atom is 0.269 e. The van der Waals surface area contributed by atoms with Gasteiger partial charge in [0.05, 0.1) is 16.9 Å². The van der Waals surface area contributed by atoms with Gasteiger partial charge in [-0.2, -0.15) is 0 Å². The molecule has 1 saturated carbocycles. The highest BCUT2D eigenvalue weighted by atomic mass is 16.6. The summed E-state index contributed by atoms with van der Waals surface area (Å²) in [6.45, 7) is 3.60. The monoisotopic (exact) mass is 412 g/mol. The van der Waals surface area contributed by atoms with Gasteiger partial charge in [-0.15, -0.1) is 0 Å². The molecule has 30 heavy (non-hydrogen) atoms. The van der Waals surface area contributed by atoms with Gasteiger partial charge in [-0.3, -0.25) is 14.9 Å². The van der Waals surface area contributed by atoms with Crippen LogP contribution in [0, 0.1) is 10.1 Å². The number of amides is 1. The normalized spacial score (nSPS) is 15.4. The summed E-state index contributed by atoms with van der Waals surface area (Å²) in [6, 6.07) is 13.7. The lowest BCUT2D eigenvalue weighted by molar-refractivity contribution is -0.384. The number of non-ortho nitro benzene ring substituents is 1. The molecule has 0 aliphatic heterocycles. The Bertz CT molecular complexity index is 843. The Hall–Kier alpha value is -2.93. The SMILES string of the molecule is CCOCCOc1ccc(NC(=O)C2(c3ccc([N+](=O)[O-])cc3)CCCCC2)cc1. The van der Waals surface area contributed by atoms with Crippen molar-refractivity contribution < 1.29 is 19.2 Å². The van der Waals surface area contributed by atoms with Gasteiger partial charge in [0, 0.05) is 24.4 Å². The number of hydrogen-bond acceptors (Lipinski definition) is 5. The first-order valence-electron chi connectivity index (χ1n) is 10.4. The fraction of sp³-hybridized carbons (Fsp3) is 0.435. The molecule has 1 amide bonds. The molecule has 160 valence electrons. The highest BCUT2D eigenvalue weighted by molar-refractivity contribution is 5.99. The van der Waals surface area contributed by atoms with Gasteiger partial charge in [-0.05, 0) is 49.6 Å². The minimum Gasteiger partial charge on any atom is -0.491 e. The summed E-state index contributed by atoms with van der Waals surface area (Å²) in [5, 5.41) is 14.0. The highest BCUT2D eigenvalue weighted by Crippen LogP contribution is 2.41. The third kappa shape index (κ3) is 5.16. The Morgan fingerprint density at radius 3 is 2.30 bits per heavy atom. The predicted molar refractivity (Wildman–Crippen MR) is 115 cm³/mol. The fourth-order valence-electron chi connectivity index (χ4n) is 3.95. The summed E-state index contributed by atoms with van der Waals surface area (Å²) in [6.07, 6.45) is 4.47. The second-order valence-corrected chi connectivity index (χ2v) is 7.47. The Labute approximate surface area is 176 Å². The van der Waals surface area contributed by atoms with Crippen LogP contribution in [0.3, 0.4) is 0 Å². The highest BCUT2D eigenvalue weighted by Gasteiger charge is 2.41. The first-order chi connectivity index (χ1) is 14.5. The lowest BCUT2D eigenvalue weighted by Gasteiger charge is -2.36. The van der Waals surface area contributed by atoms with Crippen LogP contribution in [0.2, 0.25) is 0 Å². The first kappa shape index (κ1) is 21.8. The summed E-state index contributed by atoms with van der Waals surface area (Å²) < 4.78 is 10.9. The maximum absolute atomic E-state index is 13.3. The lowest BCUT2D eigenvalue weighted by Crippen LogP contribution is -2.42. The van der Waals surface area contributed by atoms with Gasteiger partial charge in [0.1, 0.15) is 12.4 Å². The molecule has 1 fully saturated rings. The predicted octanol–water partition coefficient (Wildman–Crippen LogP) is 4.85. The standard InChI is InChI=1S/C23H28N2O5/c1-2-29-16-17-30-21-12-8-19(9-13-21)24-22(26)23(14-4-3-5-15-23)18-6-10-20(11-7-18)25(27)28/h6-13H,2-5,14-17H2,1H3,(H,24,26). The quantitative estimate of drug-likeness (QED) is 0.361. The van der Waals surface area contributed by atoms with Gasteiger partial charge in [0.25, 0.3) is 5.69 Å². The van der Waals surface area contributed by atoms with E-state index in [1.807, 2.05) is 31.2 Å². The molecule has 0 spiro atoms. The van der Waals surface area contributed by atoms with Crippen molar-refractivity contribution in [3.8, 4) is 5.75 Å². The minimum atomic E-state index is -0.667. The Morgan fingerprint density at radius 2 is 1.70 bits per heavy atom. The lowest BCUT2D eigenvalue weighted by atomic mass is 9.68. The number of anilines is 1. The van der Waals surface area contributed by atoms with E-state index in [-0.39, 0.29) is 11.6 Å². The number of rotatable bonds is 9. The van der Waals surface area contributed by atoms with Crippen LogP contribution >= 0.6 is 0 Å². The number of ether oxygens (including phenoxy) is 2. The summed E-state index contributed by atoms with van der Waals surface area (Å²) in [4.78, 5) is 23.9. The van der Waals surface area contributed by atoms with Crippen molar-refractivity contribution >= 4 is 17.3 Å². The molecule has 7 nitrogen and oxygen atoms in total. The molecule has 0 unspecified atom stereocenters. The zero-order chi connectivity index (χ0) is 21.4. The average molecular weight is 412 g/mol. The smallest absolute Gasteiger partial charge is 0.269 e. The fourth-order valence-corrected chi connectivity index (χ4v) is 3.95. The van der Waals surface area contributed by atoms with Crippen molar-refractivity contribution in [3.63, 3.8) is 0 Å². The van der Waals surface area contributed by atoms with Gasteiger partial charge < -0.3 is 14.8 Å². The molecule has 0 heterocycles. The van der Waals surface area contributed by atoms with E-state index in [1.54, 1.807) is 12.1 Å². The van der Waals surface area contributed by atoms with Crippen LogP contribution < -0.4 is 10.1 Å². The van der Waals surface area contributed by atoms with Crippen molar-refractivity contribution in [1.82, 2.24) is 0 Å². The number of carbonyl (C=O) groups excluding carboxylic acids is 1. The van der Waals surface area contributed by atoms with E-state index in [0.717, 1.165) is 43.4 Å². The summed E-state index contributed by atoms with van der Waals surface area (Å²) >= 11 is 0. The molecule has 0 saturated heterocycles.